The van der Waals surface area contributed by atoms with Gasteiger partial charge in [-0.05, 0) is 32.0 Å². The van der Waals surface area contributed by atoms with Gasteiger partial charge in [0, 0.05) is 42.2 Å². The van der Waals surface area contributed by atoms with Crippen LogP contribution in [0.4, 0.5) is 5.82 Å². The molecule has 0 radical (unpaired) electrons. The van der Waals surface area contributed by atoms with Gasteiger partial charge in [0.05, 0.1) is 28.7 Å². The van der Waals surface area contributed by atoms with Crippen LogP contribution in [0.15, 0.2) is 47.8 Å². The summed E-state index contributed by atoms with van der Waals surface area (Å²) in [6.45, 7) is 3.80. The second-order valence-corrected chi connectivity index (χ2v) is 6.14. The Bertz CT molecular complexity index is 1140. The van der Waals surface area contributed by atoms with Crippen molar-refractivity contribution in [3.63, 3.8) is 0 Å². The van der Waals surface area contributed by atoms with E-state index in [9.17, 15) is 5.11 Å². The maximum Gasteiger partial charge on any atom is 0.198 e. The zero-order valence-corrected chi connectivity index (χ0v) is 14.7. The minimum absolute atomic E-state index is 0.0686. The second kappa shape index (κ2) is 6.11. The molecule has 0 aliphatic rings. The van der Waals surface area contributed by atoms with Gasteiger partial charge in [0.2, 0.25) is 0 Å². The van der Waals surface area contributed by atoms with Crippen LogP contribution in [0.5, 0.6) is 5.88 Å². The van der Waals surface area contributed by atoms with E-state index in [0.717, 1.165) is 27.9 Å². The minimum atomic E-state index is 0.0686. The lowest BCUT2D eigenvalue weighted by molar-refractivity contribution is 0.457. The Morgan fingerprint density at radius 3 is 2.85 bits per heavy atom. The third-order valence-corrected chi connectivity index (χ3v) is 4.29. The molecule has 130 valence electrons. The molecule has 26 heavy (non-hydrogen) atoms. The number of nitrogens with zero attached hydrogens (tertiary/aromatic N) is 5. The molecule has 0 spiro atoms. The number of rotatable bonds is 3. The number of nitrogens with one attached hydrogen (secondary N) is 1. The Morgan fingerprint density at radius 2 is 2.12 bits per heavy atom. The van der Waals surface area contributed by atoms with Crippen molar-refractivity contribution in [2.75, 3.05) is 0 Å². The number of H-pyrrole nitrogens is 1. The second-order valence-electron chi connectivity index (χ2n) is 6.14. The molecule has 0 atom stereocenters. The molecule has 0 saturated carbocycles. The molecule has 2 N–H and O–H groups in total. The van der Waals surface area contributed by atoms with Crippen LogP contribution in [0.1, 0.15) is 18.2 Å². The number of hydrogen-bond donors (Lipinski definition) is 2. The highest BCUT2D eigenvalue weighted by atomic mass is 16.3. The van der Waals surface area contributed by atoms with E-state index in [1.807, 2.05) is 51.4 Å². The first-order valence-electron chi connectivity index (χ1n) is 8.21. The molecule has 0 fully saturated rings. The zero-order valence-electron chi connectivity index (χ0n) is 14.7. The van der Waals surface area contributed by atoms with Gasteiger partial charge >= 0.3 is 0 Å². The molecule has 4 aromatic heterocycles. The standard InChI is InChI=1S/C19H18N6O/c1-11-13(5-4-7-20-11)15-9-14-16(10-21-15)23-19(26)18(14)12(2)22-17-6-8-25(3)24-17/h4-10,23,26H,1-3H3. The Morgan fingerprint density at radius 1 is 1.27 bits per heavy atom. The Balaban J connectivity index is 1.87. The summed E-state index contributed by atoms with van der Waals surface area (Å²) in [7, 11) is 1.84. The van der Waals surface area contributed by atoms with Crippen molar-refractivity contribution in [1.82, 2.24) is 24.7 Å². The highest BCUT2D eigenvalue weighted by Crippen LogP contribution is 2.31. The number of aliphatic imine (C=N–C) groups is 1. The van der Waals surface area contributed by atoms with Gasteiger partial charge in [0.15, 0.2) is 11.7 Å². The van der Waals surface area contributed by atoms with Crippen molar-refractivity contribution in [3.8, 4) is 17.1 Å². The van der Waals surface area contributed by atoms with Gasteiger partial charge in [0.25, 0.3) is 0 Å². The van der Waals surface area contributed by atoms with E-state index in [4.69, 9.17) is 0 Å². The van der Waals surface area contributed by atoms with Crippen LogP contribution in [0, 0.1) is 6.92 Å². The zero-order chi connectivity index (χ0) is 18.3. The Hall–Kier alpha value is -3.48. The lowest BCUT2D eigenvalue weighted by Gasteiger charge is -2.05. The van der Waals surface area contributed by atoms with Gasteiger partial charge in [-0.3, -0.25) is 14.6 Å². The summed E-state index contributed by atoms with van der Waals surface area (Å²) >= 11 is 0. The molecule has 0 aromatic carbocycles. The molecular formula is C19H18N6O. The summed E-state index contributed by atoms with van der Waals surface area (Å²) < 4.78 is 1.69. The number of pyridine rings is 2. The van der Waals surface area contributed by atoms with E-state index in [2.05, 4.69) is 25.0 Å². The van der Waals surface area contributed by atoms with E-state index in [-0.39, 0.29) is 5.88 Å². The monoisotopic (exact) mass is 346 g/mol. The molecule has 7 heteroatoms. The van der Waals surface area contributed by atoms with Crippen LogP contribution < -0.4 is 0 Å². The number of aromatic hydroxyl groups is 1. The predicted molar refractivity (Wildman–Crippen MR) is 101 cm³/mol. The van der Waals surface area contributed by atoms with Gasteiger partial charge in [-0.2, -0.15) is 5.10 Å². The summed E-state index contributed by atoms with van der Waals surface area (Å²) in [5, 5.41) is 15.5. The molecule has 4 rings (SSSR count). The van der Waals surface area contributed by atoms with Crippen LogP contribution >= 0.6 is 0 Å². The molecule has 0 amide bonds. The lowest BCUT2D eigenvalue weighted by Crippen LogP contribution is -1.95. The molecule has 0 bridgehead atoms. The van der Waals surface area contributed by atoms with Gasteiger partial charge < -0.3 is 10.1 Å². The lowest BCUT2D eigenvalue weighted by atomic mass is 10.1. The quantitative estimate of drug-likeness (QED) is 0.555. The van der Waals surface area contributed by atoms with E-state index in [1.54, 1.807) is 17.1 Å². The molecule has 0 saturated heterocycles. The van der Waals surface area contributed by atoms with Crippen molar-refractivity contribution < 1.29 is 5.11 Å². The fraction of sp³-hybridized carbons (Fsp3) is 0.158. The van der Waals surface area contributed by atoms with Crippen LogP contribution in [0.2, 0.25) is 0 Å². The van der Waals surface area contributed by atoms with E-state index < -0.39 is 0 Å². The molecule has 0 aliphatic heterocycles. The van der Waals surface area contributed by atoms with E-state index in [0.29, 0.717) is 17.1 Å². The first kappa shape index (κ1) is 16.0. The van der Waals surface area contributed by atoms with E-state index in [1.165, 1.54) is 0 Å². The van der Waals surface area contributed by atoms with Crippen molar-refractivity contribution in [2.24, 2.45) is 12.0 Å². The third-order valence-electron chi connectivity index (χ3n) is 4.29. The van der Waals surface area contributed by atoms with E-state index >= 15 is 0 Å². The molecule has 7 nitrogen and oxygen atoms in total. The SMILES string of the molecule is CC(=Nc1ccn(C)n1)c1c(O)[nH]c2cnc(-c3cccnc3C)cc12. The molecule has 0 unspecified atom stereocenters. The number of fused-ring (bicyclic) bond motifs is 1. The van der Waals surface area contributed by atoms with Gasteiger partial charge in [0.1, 0.15) is 0 Å². The highest BCUT2D eigenvalue weighted by Gasteiger charge is 2.16. The Labute approximate surface area is 150 Å². The summed E-state index contributed by atoms with van der Waals surface area (Å²) in [6, 6.07) is 7.64. The predicted octanol–water partition coefficient (Wildman–Crippen LogP) is 3.51. The number of aromatic amines is 1. The third kappa shape index (κ3) is 2.73. The van der Waals surface area contributed by atoms with Crippen LogP contribution in [-0.4, -0.2) is 35.6 Å². The van der Waals surface area contributed by atoms with Crippen LogP contribution in [-0.2, 0) is 7.05 Å². The number of aryl methyl sites for hydroxylation is 2. The summed E-state index contributed by atoms with van der Waals surface area (Å²) in [6.07, 6.45) is 5.30. The summed E-state index contributed by atoms with van der Waals surface area (Å²) in [5.74, 6) is 0.662. The largest absolute Gasteiger partial charge is 0.494 e. The topological polar surface area (TPSA) is 92.0 Å². The molecule has 4 heterocycles. The van der Waals surface area contributed by atoms with Crippen molar-refractivity contribution in [3.05, 3.63) is 54.1 Å². The van der Waals surface area contributed by atoms with Gasteiger partial charge in [-0.15, -0.1) is 0 Å². The molecule has 4 aromatic rings. The summed E-state index contributed by atoms with van der Waals surface area (Å²) in [4.78, 5) is 16.3. The first-order chi connectivity index (χ1) is 12.5. The molecular weight excluding hydrogens is 328 g/mol. The van der Waals surface area contributed by atoms with Crippen molar-refractivity contribution in [1.29, 1.82) is 0 Å². The average Bonchev–Trinajstić information content (AvgIpc) is 3.16. The summed E-state index contributed by atoms with van der Waals surface area (Å²) in [5.41, 5.74) is 4.73. The smallest absolute Gasteiger partial charge is 0.198 e. The minimum Gasteiger partial charge on any atom is -0.494 e. The maximum absolute atomic E-state index is 10.4. The van der Waals surface area contributed by atoms with Gasteiger partial charge in [-0.1, -0.05) is 0 Å². The number of hydrogen-bond acceptors (Lipinski definition) is 5. The van der Waals surface area contributed by atoms with Crippen LogP contribution in [0.3, 0.4) is 0 Å². The van der Waals surface area contributed by atoms with Crippen molar-refractivity contribution >= 4 is 22.4 Å². The van der Waals surface area contributed by atoms with Crippen molar-refractivity contribution in [2.45, 2.75) is 13.8 Å². The number of aromatic nitrogens is 5. The molecule has 0 aliphatic carbocycles. The van der Waals surface area contributed by atoms with Gasteiger partial charge in [-0.25, -0.2) is 4.99 Å². The van der Waals surface area contributed by atoms with Crippen LogP contribution in [0.25, 0.3) is 22.2 Å². The first-order valence-corrected chi connectivity index (χ1v) is 8.21. The fourth-order valence-corrected chi connectivity index (χ4v) is 3.04. The normalized spacial score (nSPS) is 12.0. The Kier molecular flexibility index (Phi) is 3.76. The average molecular weight is 346 g/mol. The maximum atomic E-state index is 10.4. The highest BCUT2D eigenvalue weighted by molar-refractivity contribution is 6.13. The fourth-order valence-electron chi connectivity index (χ4n) is 3.04.